The highest BCUT2D eigenvalue weighted by atomic mass is 14.7. The predicted octanol–water partition coefficient (Wildman–Crippen LogP) is 2.06. The molecule has 2 N–H and O–H groups in total. The molecule has 1 heteroatoms. The van der Waals surface area contributed by atoms with Gasteiger partial charge in [-0.05, 0) is 55.8 Å². The first kappa shape index (κ1) is 6.47. The highest BCUT2D eigenvalue weighted by molar-refractivity contribution is 5.10. The van der Waals surface area contributed by atoms with Crippen LogP contribution in [0.5, 0.6) is 0 Å². The van der Waals surface area contributed by atoms with E-state index < -0.39 is 0 Å². The van der Waals surface area contributed by atoms with Gasteiger partial charge in [-0.3, -0.25) is 0 Å². The summed E-state index contributed by atoms with van der Waals surface area (Å²) in [5.41, 5.74) is 7.61. The molecule has 3 aliphatic rings. The molecule has 62 valence electrons. The van der Waals surface area contributed by atoms with Crippen molar-refractivity contribution in [1.82, 2.24) is 0 Å². The molecule has 3 fully saturated rings. The van der Waals surface area contributed by atoms with E-state index in [-0.39, 0.29) is 0 Å². The van der Waals surface area contributed by atoms with Crippen molar-refractivity contribution in [3.63, 3.8) is 0 Å². The summed E-state index contributed by atoms with van der Waals surface area (Å²) in [6, 6.07) is 0.550. The Morgan fingerprint density at radius 2 is 1.36 bits per heavy atom. The van der Waals surface area contributed by atoms with Crippen molar-refractivity contribution in [2.24, 2.45) is 16.6 Å². The average Bonchev–Trinajstić information content (AvgIpc) is 2.76. The van der Waals surface area contributed by atoms with Crippen molar-refractivity contribution < 1.29 is 0 Å². The summed E-state index contributed by atoms with van der Waals surface area (Å²) in [6.45, 7) is 0. The van der Waals surface area contributed by atoms with E-state index in [4.69, 9.17) is 5.73 Å². The maximum absolute atomic E-state index is 6.07. The number of rotatable bonds is 0. The van der Waals surface area contributed by atoms with Crippen LogP contribution in [0.2, 0.25) is 0 Å². The van der Waals surface area contributed by atoms with E-state index in [1.54, 1.807) is 0 Å². The van der Waals surface area contributed by atoms with Gasteiger partial charge in [0.2, 0.25) is 0 Å². The van der Waals surface area contributed by atoms with Crippen LogP contribution in [0.1, 0.15) is 44.9 Å². The largest absolute Gasteiger partial charge is 0.328 e. The molecular weight excluding hydrogens is 134 g/mol. The van der Waals surface area contributed by atoms with E-state index in [1.165, 1.54) is 44.9 Å². The Kier molecular flexibility index (Phi) is 0.976. The summed E-state index contributed by atoms with van der Waals surface area (Å²) in [5, 5.41) is 0. The third-order valence-electron chi connectivity index (χ3n) is 4.05. The lowest BCUT2D eigenvalue weighted by Gasteiger charge is -2.33. The first-order chi connectivity index (χ1) is 5.22. The van der Waals surface area contributed by atoms with Gasteiger partial charge >= 0.3 is 0 Å². The van der Waals surface area contributed by atoms with Gasteiger partial charge in [-0.1, -0.05) is 0 Å². The zero-order valence-corrected chi connectivity index (χ0v) is 7.10. The van der Waals surface area contributed by atoms with Gasteiger partial charge in [0, 0.05) is 6.04 Å². The monoisotopic (exact) mass is 151 g/mol. The van der Waals surface area contributed by atoms with Crippen LogP contribution in [0.3, 0.4) is 0 Å². The molecule has 3 saturated carbocycles. The van der Waals surface area contributed by atoms with E-state index in [1.807, 2.05) is 0 Å². The summed E-state index contributed by atoms with van der Waals surface area (Å²) in [5.74, 6) is 0. The Hall–Kier alpha value is -0.0400. The lowest BCUT2D eigenvalue weighted by molar-refractivity contribution is 0.203. The quantitative estimate of drug-likeness (QED) is 0.563. The van der Waals surface area contributed by atoms with E-state index in [0.717, 1.165) is 10.8 Å². The molecule has 1 nitrogen and oxygen atoms in total. The minimum absolute atomic E-state index is 0.550. The van der Waals surface area contributed by atoms with Gasteiger partial charge in [0.1, 0.15) is 0 Å². The van der Waals surface area contributed by atoms with Crippen LogP contribution in [-0.2, 0) is 0 Å². The van der Waals surface area contributed by atoms with Crippen LogP contribution in [0, 0.1) is 10.8 Å². The Bertz CT molecular complexity index is 169. The molecule has 11 heavy (non-hydrogen) atoms. The van der Waals surface area contributed by atoms with Crippen LogP contribution < -0.4 is 5.73 Å². The normalized spacial score (nSPS) is 42.8. The molecule has 3 aliphatic carbocycles. The van der Waals surface area contributed by atoms with Gasteiger partial charge in [0.25, 0.3) is 0 Å². The van der Waals surface area contributed by atoms with E-state index >= 15 is 0 Å². The van der Waals surface area contributed by atoms with Crippen molar-refractivity contribution in [3.8, 4) is 0 Å². The van der Waals surface area contributed by atoms with Gasteiger partial charge in [-0.2, -0.15) is 0 Å². The summed E-state index contributed by atoms with van der Waals surface area (Å²) in [6.07, 6.45) is 10.2. The van der Waals surface area contributed by atoms with Crippen molar-refractivity contribution in [1.29, 1.82) is 0 Å². The lowest BCUT2D eigenvalue weighted by atomic mass is 9.74. The number of nitrogens with two attached hydrogens (primary N) is 1. The number of hydrogen-bond acceptors (Lipinski definition) is 1. The van der Waals surface area contributed by atoms with Gasteiger partial charge in [0.15, 0.2) is 0 Å². The molecule has 0 aromatic carbocycles. The Morgan fingerprint density at radius 1 is 0.909 bits per heavy atom. The van der Waals surface area contributed by atoms with E-state index in [2.05, 4.69) is 0 Å². The van der Waals surface area contributed by atoms with Crippen molar-refractivity contribution in [2.75, 3.05) is 0 Å². The van der Waals surface area contributed by atoms with Gasteiger partial charge in [-0.25, -0.2) is 0 Å². The third-order valence-corrected chi connectivity index (χ3v) is 4.05. The molecule has 2 spiro atoms. The molecule has 0 unspecified atom stereocenters. The van der Waals surface area contributed by atoms with Crippen LogP contribution >= 0.6 is 0 Å². The predicted molar refractivity (Wildman–Crippen MR) is 45.2 cm³/mol. The maximum atomic E-state index is 6.07. The van der Waals surface area contributed by atoms with Gasteiger partial charge < -0.3 is 5.73 Å². The van der Waals surface area contributed by atoms with E-state index in [0.29, 0.717) is 6.04 Å². The molecule has 0 saturated heterocycles. The van der Waals surface area contributed by atoms with Gasteiger partial charge in [0.05, 0.1) is 0 Å². The molecule has 0 aromatic rings. The second kappa shape index (κ2) is 1.66. The third kappa shape index (κ3) is 0.936. The lowest BCUT2D eigenvalue weighted by Crippen LogP contribution is -2.34. The second-order valence-corrected chi connectivity index (χ2v) is 5.35. The second-order valence-electron chi connectivity index (χ2n) is 5.35. The highest BCUT2D eigenvalue weighted by Gasteiger charge is 2.57. The fourth-order valence-electron chi connectivity index (χ4n) is 3.24. The zero-order valence-electron chi connectivity index (χ0n) is 7.10. The Labute approximate surface area is 68.3 Å². The maximum Gasteiger partial charge on any atom is 0.00494 e. The molecule has 0 amide bonds. The molecule has 3 rings (SSSR count). The van der Waals surface area contributed by atoms with Crippen LogP contribution in [-0.4, -0.2) is 6.04 Å². The Balaban J connectivity index is 1.82. The summed E-state index contributed by atoms with van der Waals surface area (Å²) >= 11 is 0. The standard InChI is InChI=1S/C10H17N/c11-8-5-9(1-2-9)7-10(6-8)3-4-10/h8H,1-7,11H2. The van der Waals surface area contributed by atoms with Gasteiger partial charge in [-0.15, -0.1) is 0 Å². The average molecular weight is 151 g/mol. The van der Waals surface area contributed by atoms with Crippen LogP contribution in [0.4, 0.5) is 0 Å². The minimum Gasteiger partial charge on any atom is -0.328 e. The fourth-order valence-corrected chi connectivity index (χ4v) is 3.24. The molecule has 0 atom stereocenters. The first-order valence-electron chi connectivity index (χ1n) is 4.98. The SMILES string of the molecule is NC1CC2(CC2)CC2(CC2)C1. The fraction of sp³-hybridized carbons (Fsp3) is 1.00. The molecule has 0 aromatic heterocycles. The van der Waals surface area contributed by atoms with E-state index in [9.17, 15) is 0 Å². The smallest absolute Gasteiger partial charge is 0.00494 e. The van der Waals surface area contributed by atoms with Crippen molar-refractivity contribution in [2.45, 2.75) is 51.0 Å². The van der Waals surface area contributed by atoms with Crippen molar-refractivity contribution in [3.05, 3.63) is 0 Å². The molecular formula is C10H17N. The summed E-state index contributed by atoms with van der Waals surface area (Å²) in [7, 11) is 0. The number of hydrogen-bond donors (Lipinski definition) is 1. The summed E-state index contributed by atoms with van der Waals surface area (Å²) < 4.78 is 0. The molecule has 0 heterocycles. The first-order valence-corrected chi connectivity index (χ1v) is 4.98. The van der Waals surface area contributed by atoms with Crippen LogP contribution in [0.25, 0.3) is 0 Å². The molecule has 0 radical (unpaired) electrons. The topological polar surface area (TPSA) is 26.0 Å². The molecule has 0 aliphatic heterocycles. The highest BCUT2D eigenvalue weighted by Crippen LogP contribution is 2.68. The zero-order chi connectivity index (χ0) is 7.53. The van der Waals surface area contributed by atoms with Crippen LogP contribution in [0.15, 0.2) is 0 Å². The molecule has 0 bridgehead atoms. The minimum atomic E-state index is 0.550. The summed E-state index contributed by atoms with van der Waals surface area (Å²) in [4.78, 5) is 0. The van der Waals surface area contributed by atoms with Crippen molar-refractivity contribution >= 4 is 0 Å². The Morgan fingerprint density at radius 3 is 1.73 bits per heavy atom.